The van der Waals surface area contributed by atoms with Gasteiger partial charge in [-0.2, -0.15) is 0 Å². The zero-order valence-electron chi connectivity index (χ0n) is 17.7. The maximum atomic E-state index is 13.1. The Hall–Kier alpha value is -3.52. The molecule has 0 radical (unpaired) electrons. The molecule has 1 aromatic carbocycles. The van der Waals surface area contributed by atoms with Gasteiger partial charge in [-0.25, -0.2) is 0 Å². The average Bonchev–Trinajstić information content (AvgIpc) is 3.53. The van der Waals surface area contributed by atoms with Crippen LogP contribution >= 0.6 is 11.3 Å². The highest BCUT2D eigenvalue weighted by Gasteiger charge is 2.47. The van der Waals surface area contributed by atoms with Crippen molar-refractivity contribution in [2.45, 2.75) is 26.4 Å². The fourth-order valence-corrected chi connectivity index (χ4v) is 4.43. The van der Waals surface area contributed by atoms with E-state index in [9.17, 15) is 14.7 Å². The second-order valence-electron chi connectivity index (χ2n) is 7.05. The number of likely N-dealkylation sites (tertiary alicyclic amines) is 1. The van der Waals surface area contributed by atoms with Crippen LogP contribution in [0.1, 0.15) is 36.1 Å². The molecule has 1 aliphatic rings. The van der Waals surface area contributed by atoms with Crippen molar-refractivity contribution in [1.82, 2.24) is 4.90 Å². The van der Waals surface area contributed by atoms with Crippen LogP contribution in [0, 0.1) is 0 Å². The summed E-state index contributed by atoms with van der Waals surface area (Å²) in [5, 5.41) is 13.2. The molecular formula is C24H23NO6S. The smallest absolute Gasteiger partial charge is 0.296 e. The molecule has 1 unspecified atom stereocenters. The molecular weight excluding hydrogens is 430 g/mol. The number of rotatable bonds is 8. The summed E-state index contributed by atoms with van der Waals surface area (Å²) in [7, 11) is 0. The van der Waals surface area contributed by atoms with E-state index in [-0.39, 0.29) is 17.9 Å². The van der Waals surface area contributed by atoms with Crippen LogP contribution in [0.3, 0.4) is 0 Å². The number of ether oxygens (including phenoxy) is 2. The van der Waals surface area contributed by atoms with Gasteiger partial charge in [0, 0.05) is 10.9 Å². The highest BCUT2D eigenvalue weighted by molar-refractivity contribution is 7.09. The van der Waals surface area contributed by atoms with E-state index in [1.165, 1.54) is 22.5 Å². The van der Waals surface area contributed by atoms with Crippen LogP contribution in [-0.4, -0.2) is 34.9 Å². The minimum absolute atomic E-state index is 0.0355. The van der Waals surface area contributed by atoms with Crippen LogP contribution in [0.2, 0.25) is 0 Å². The number of amides is 1. The zero-order valence-corrected chi connectivity index (χ0v) is 18.6. The Morgan fingerprint density at radius 2 is 1.94 bits per heavy atom. The van der Waals surface area contributed by atoms with Gasteiger partial charge in [0.25, 0.3) is 11.7 Å². The fourth-order valence-electron chi connectivity index (χ4n) is 3.73. The van der Waals surface area contributed by atoms with Crippen molar-refractivity contribution in [3.8, 4) is 11.5 Å². The number of furan rings is 1. The van der Waals surface area contributed by atoms with Gasteiger partial charge in [-0.15, -0.1) is 11.3 Å². The topological polar surface area (TPSA) is 89.2 Å². The second-order valence-corrected chi connectivity index (χ2v) is 8.08. The molecule has 0 aliphatic carbocycles. The van der Waals surface area contributed by atoms with Crippen molar-refractivity contribution in [3.63, 3.8) is 0 Å². The molecule has 8 heteroatoms. The lowest BCUT2D eigenvalue weighted by atomic mass is 9.98. The van der Waals surface area contributed by atoms with Gasteiger partial charge in [-0.3, -0.25) is 9.59 Å². The molecule has 2 aromatic heterocycles. The number of Topliss-reactive ketones (excluding diaryl/α,β-unsaturated/α-hetero) is 1. The quantitative estimate of drug-likeness (QED) is 0.301. The van der Waals surface area contributed by atoms with Crippen molar-refractivity contribution in [3.05, 3.63) is 75.9 Å². The predicted octanol–water partition coefficient (Wildman–Crippen LogP) is 4.76. The number of benzene rings is 1. The minimum atomic E-state index is -0.854. The van der Waals surface area contributed by atoms with E-state index in [0.29, 0.717) is 36.0 Å². The molecule has 32 heavy (non-hydrogen) atoms. The zero-order chi connectivity index (χ0) is 22.7. The maximum absolute atomic E-state index is 13.1. The molecule has 0 saturated carbocycles. The van der Waals surface area contributed by atoms with Crippen LogP contribution in [0.5, 0.6) is 11.5 Å². The molecule has 1 saturated heterocycles. The molecule has 1 aliphatic heterocycles. The van der Waals surface area contributed by atoms with E-state index in [0.717, 1.165) is 4.88 Å². The summed E-state index contributed by atoms with van der Waals surface area (Å²) in [4.78, 5) is 28.4. The third-order valence-corrected chi connectivity index (χ3v) is 5.94. The normalized spacial score (nSPS) is 17.7. The number of nitrogens with zero attached hydrogens (tertiary/aromatic N) is 1. The second kappa shape index (κ2) is 9.32. The van der Waals surface area contributed by atoms with Gasteiger partial charge < -0.3 is 23.9 Å². The van der Waals surface area contributed by atoms with Gasteiger partial charge in [0.05, 0.1) is 37.2 Å². The van der Waals surface area contributed by atoms with Crippen molar-refractivity contribution < 1.29 is 28.6 Å². The van der Waals surface area contributed by atoms with Crippen LogP contribution in [-0.2, 0) is 16.1 Å². The van der Waals surface area contributed by atoms with Crippen molar-refractivity contribution in [1.29, 1.82) is 0 Å². The third-order valence-electron chi connectivity index (χ3n) is 5.08. The summed E-state index contributed by atoms with van der Waals surface area (Å²) in [5.74, 6) is -0.440. The van der Waals surface area contributed by atoms with Crippen molar-refractivity contribution in [2.24, 2.45) is 0 Å². The lowest BCUT2D eigenvalue weighted by Gasteiger charge is -2.23. The number of hydrogen-bond acceptors (Lipinski definition) is 7. The fraction of sp³-hybridized carbons (Fsp3) is 0.250. The summed E-state index contributed by atoms with van der Waals surface area (Å²) in [6, 6.07) is 11.3. The molecule has 1 amide bonds. The predicted molar refractivity (Wildman–Crippen MR) is 120 cm³/mol. The number of aliphatic hydroxyl groups excluding tert-OH is 1. The standard InChI is InChI=1S/C24H23NO6S/c1-3-29-15-9-10-17(19(13-15)30-4-2)22(26)20-21(18-8-5-11-31-18)25(24(28)23(20)27)14-16-7-6-12-32-16/h5-13,21,26H,3-4,14H2,1-2H3/b22-20-. The minimum Gasteiger partial charge on any atom is -0.507 e. The van der Waals surface area contributed by atoms with Crippen LogP contribution in [0.25, 0.3) is 5.76 Å². The van der Waals surface area contributed by atoms with Gasteiger partial charge in [0.2, 0.25) is 0 Å². The first kappa shape index (κ1) is 21.7. The first-order valence-corrected chi connectivity index (χ1v) is 11.2. The largest absolute Gasteiger partial charge is 0.507 e. The summed E-state index contributed by atoms with van der Waals surface area (Å²) in [5.41, 5.74) is 0.271. The third kappa shape index (κ3) is 4.01. The van der Waals surface area contributed by atoms with E-state index in [4.69, 9.17) is 13.9 Å². The SMILES string of the molecule is CCOc1ccc(/C(O)=C2/C(=O)C(=O)N(Cc3cccs3)C2c2ccco2)c(OCC)c1. The maximum Gasteiger partial charge on any atom is 0.296 e. The van der Waals surface area contributed by atoms with Crippen molar-refractivity contribution in [2.75, 3.05) is 13.2 Å². The highest BCUT2D eigenvalue weighted by atomic mass is 32.1. The molecule has 1 atom stereocenters. The monoisotopic (exact) mass is 453 g/mol. The molecule has 1 N–H and O–H groups in total. The number of thiophene rings is 1. The van der Waals surface area contributed by atoms with E-state index in [1.54, 1.807) is 30.3 Å². The Labute approximate surface area is 189 Å². The van der Waals surface area contributed by atoms with E-state index < -0.39 is 17.7 Å². The highest BCUT2D eigenvalue weighted by Crippen LogP contribution is 2.42. The van der Waals surface area contributed by atoms with Gasteiger partial charge in [0.15, 0.2) is 0 Å². The number of aliphatic hydroxyl groups is 1. The molecule has 7 nitrogen and oxygen atoms in total. The van der Waals surface area contributed by atoms with E-state index >= 15 is 0 Å². The Balaban J connectivity index is 1.84. The first-order valence-electron chi connectivity index (χ1n) is 10.3. The molecule has 4 rings (SSSR count). The lowest BCUT2D eigenvalue weighted by Crippen LogP contribution is -2.28. The summed E-state index contributed by atoms with van der Waals surface area (Å²) >= 11 is 1.49. The summed E-state index contributed by atoms with van der Waals surface area (Å²) in [6.07, 6.45) is 1.48. The summed E-state index contributed by atoms with van der Waals surface area (Å²) < 4.78 is 16.8. The van der Waals surface area contributed by atoms with E-state index in [1.807, 2.05) is 31.4 Å². The Kier molecular flexibility index (Phi) is 6.32. The van der Waals surface area contributed by atoms with Gasteiger partial charge in [0.1, 0.15) is 29.1 Å². The van der Waals surface area contributed by atoms with Crippen LogP contribution in [0.15, 0.2) is 64.1 Å². The molecule has 3 heterocycles. The molecule has 0 spiro atoms. The number of carbonyl (C=O) groups excluding carboxylic acids is 2. The number of hydrogen-bond donors (Lipinski definition) is 1. The molecule has 1 fully saturated rings. The summed E-state index contributed by atoms with van der Waals surface area (Å²) in [6.45, 7) is 4.74. The van der Waals surface area contributed by atoms with Gasteiger partial charge in [-0.05, 0) is 49.6 Å². The number of ketones is 1. The van der Waals surface area contributed by atoms with Gasteiger partial charge in [-0.1, -0.05) is 6.07 Å². The molecule has 0 bridgehead atoms. The Morgan fingerprint density at radius 3 is 2.59 bits per heavy atom. The van der Waals surface area contributed by atoms with Crippen LogP contribution in [0.4, 0.5) is 0 Å². The van der Waals surface area contributed by atoms with Crippen LogP contribution < -0.4 is 9.47 Å². The Morgan fingerprint density at radius 1 is 1.12 bits per heavy atom. The lowest BCUT2D eigenvalue weighted by molar-refractivity contribution is -0.140. The molecule has 3 aromatic rings. The van der Waals surface area contributed by atoms with Crippen molar-refractivity contribution >= 4 is 28.8 Å². The first-order chi connectivity index (χ1) is 15.5. The number of carbonyl (C=O) groups is 2. The average molecular weight is 454 g/mol. The Bertz CT molecular complexity index is 1130. The van der Waals surface area contributed by atoms with Gasteiger partial charge >= 0.3 is 0 Å². The van der Waals surface area contributed by atoms with E-state index in [2.05, 4.69) is 0 Å². The molecule has 166 valence electrons.